The summed E-state index contributed by atoms with van der Waals surface area (Å²) < 4.78 is 5.67. The van der Waals surface area contributed by atoms with E-state index in [-0.39, 0.29) is 23.9 Å². The van der Waals surface area contributed by atoms with Gasteiger partial charge in [-0.2, -0.15) is 0 Å². The number of aryl methyl sites for hydroxylation is 2. The number of nitrogens with zero attached hydrogens (tertiary/aromatic N) is 2. The van der Waals surface area contributed by atoms with E-state index in [1.165, 1.54) is 5.56 Å². The van der Waals surface area contributed by atoms with Gasteiger partial charge in [0.25, 0.3) is 0 Å². The minimum absolute atomic E-state index is 0.133. The Balaban J connectivity index is 1.53. The van der Waals surface area contributed by atoms with Gasteiger partial charge in [0, 0.05) is 24.7 Å². The van der Waals surface area contributed by atoms with E-state index in [4.69, 9.17) is 4.52 Å². The van der Waals surface area contributed by atoms with Gasteiger partial charge in [0.15, 0.2) is 0 Å². The normalized spacial score (nSPS) is 25.2. The van der Waals surface area contributed by atoms with Gasteiger partial charge in [-0.1, -0.05) is 35.0 Å². The quantitative estimate of drug-likeness (QED) is 0.851. The van der Waals surface area contributed by atoms with E-state index in [0.717, 1.165) is 54.9 Å². The molecule has 2 fully saturated rings. The van der Waals surface area contributed by atoms with Gasteiger partial charge in [-0.3, -0.25) is 15.6 Å². The Bertz CT molecular complexity index is 830. The largest absolute Gasteiger partial charge is 0.360 e. The van der Waals surface area contributed by atoms with E-state index >= 15 is 0 Å². The second-order valence-corrected chi connectivity index (χ2v) is 8.23. The molecule has 6 nitrogen and oxygen atoms in total. The van der Waals surface area contributed by atoms with Crippen LogP contribution in [0.4, 0.5) is 0 Å². The van der Waals surface area contributed by atoms with Gasteiger partial charge in [0.2, 0.25) is 5.91 Å². The van der Waals surface area contributed by atoms with Crippen molar-refractivity contribution < 1.29 is 9.32 Å². The number of hydrogen-bond donors (Lipinski definition) is 2. The number of amides is 1. The number of aromatic nitrogens is 1. The number of benzene rings is 1. The average Bonchev–Trinajstić information content (AvgIpc) is 3.30. The Morgan fingerprint density at radius 1 is 1.21 bits per heavy atom. The van der Waals surface area contributed by atoms with E-state index in [1.807, 2.05) is 6.92 Å². The first-order valence-corrected chi connectivity index (χ1v) is 10.3. The molecule has 6 heteroatoms. The summed E-state index contributed by atoms with van der Waals surface area (Å²) >= 11 is 0. The Kier molecular flexibility index (Phi) is 5.51. The maximum atomic E-state index is 13.2. The predicted molar refractivity (Wildman–Crippen MR) is 108 cm³/mol. The second-order valence-electron chi connectivity index (χ2n) is 8.23. The molecule has 2 saturated heterocycles. The third-order valence-corrected chi connectivity index (χ3v) is 6.31. The SMILES string of the molecule is Cc1ccc(CC(=O)N2CCCCC2C2NNCC2c2onc(C)c2C)cc1. The Hall–Kier alpha value is -2.18. The highest BCUT2D eigenvalue weighted by molar-refractivity contribution is 5.79. The molecule has 0 saturated carbocycles. The van der Waals surface area contributed by atoms with E-state index < -0.39 is 0 Å². The zero-order valence-electron chi connectivity index (χ0n) is 17.0. The van der Waals surface area contributed by atoms with E-state index in [1.54, 1.807) is 0 Å². The maximum Gasteiger partial charge on any atom is 0.227 e. The highest BCUT2D eigenvalue weighted by atomic mass is 16.5. The lowest BCUT2D eigenvalue weighted by atomic mass is 9.85. The fourth-order valence-electron chi connectivity index (χ4n) is 4.54. The fourth-order valence-corrected chi connectivity index (χ4v) is 4.54. The molecule has 1 aromatic carbocycles. The lowest BCUT2D eigenvalue weighted by Crippen LogP contribution is -2.55. The van der Waals surface area contributed by atoms with Crippen LogP contribution in [0.25, 0.3) is 0 Å². The molecule has 1 amide bonds. The molecule has 0 aliphatic carbocycles. The van der Waals surface area contributed by atoms with Crippen LogP contribution in [-0.4, -0.2) is 41.1 Å². The van der Waals surface area contributed by atoms with Gasteiger partial charge in [-0.15, -0.1) is 0 Å². The topological polar surface area (TPSA) is 70.4 Å². The van der Waals surface area contributed by atoms with Crippen LogP contribution in [0, 0.1) is 20.8 Å². The van der Waals surface area contributed by atoms with E-state index in [2.05, 4.69) is 59.0 Å². The monoisotopic (exact) mass is 382 g/mol. The zero-order valence-corrected chi connectivity index (χ0v) is 17.0. The van der Waals surface area contributed by atoms with Crippen molar-refractivity contribution in [3.63, 3.8) is 0 Å². The minimum atomic E-state index is 0.133. The molecular weight excluding hydrogens is 352 g/mol. The number of hydrazine groups is 1. The van der Waals surface area contributed by atoms with Gasteiger partial charge < -0.3 is 9.42 Å². The summed E-state index contributed by atoms with van der Waals surface area (Å²) in [4.78, 5) is 15.3. The number of nitrogens with one attached hydrogen (secondary N) is 2. The molecule has 3 unspecified atom stereocenters. The number of likely N-dealkylation sites (tertiary alicyclic amines) is 1. The lowest BCUT2D eigenvalue weighted by Gasteiger charge is -2.40. The molecular formula is C22H30N4O2. The van der Waals surface area contributed by atoms with Crippen LogP contribution >= 0.6 is 0 Å². The van der Waals surface area contributed by atoms with Gasteiger partial charge >= 0.3 is 0 Å². The molecule has 0 radical (unpaired) electrons. The standard InChI is InChI=1S/C22H30N4O2/c1-14-7-9-17(10-8-14)12-20(27)26-11-5-4-6-19(26)21-18(13-23-24-21)22-15(2)16(3)25-28-22/h7-10,18-19,21,23-24H,4-6,11-13H2,1-3H3. The molecule has 28 heavy (non-hydrogen) atoms. The molecule has 2 N–H and O–H groups in total. The lowest BCUT2D eigenvalue weighted by molar-refractivity contribution is -0.135. The Morgan fingerprint density at radius 3 is 2.71 bits per heavy atom. The third kappa shape index (κ3) is 3.71. The molecule has 4 rings (SSSR count). The number of carbonyl (C=O) groups excluding carboxylic acids is 1. The van der Waals surface area contributed by atoms with E-state index in [0.29, 0.717) is 6.42 Å². The highest BCUT2D eigenvalue weighted by Gasteiger charge is 2.42. The highest BCUT2D eigenvalue weighted by Crippen LogP contribution is 2.33. The predicted octanol–water partition coefficient (Wildman–Crippen LogP) is 2.78. The Labute approximate surface area is 166 Å². The maximum absolute atomic E-state index is 13.2. The number of carbonyl (C=O) groups is 1. The summed E-state index contributed by atoms with van der Waals surface area (Å²) in [6.07, 6.45) is 3.70. The van der Waals surface area contributed by atoms with Crippen molar-refractivity contribution in [3.05, 3.63) is 52.4 Å². The third-order valence-electron chi connectivity index (χ3n) is 6.31. The van der Waals surface area contributed by atoms with Crippen LogP contribution in [0.15, 0.2) is 28.8 Å². The Morgan fingerprint density at radius 2 is 2.00 bits per heavy atom. The zero-order chi connectivity index (χ0) is 19.7. The molecule has 0 spiro atoms. The molecule has 2 aromatic rings. The van der Waals surface area contributed by atoms with Crippen molar-refractivity contribution in [2.24, 2.45) is 0 Å². The molecule has 3 atom stereocenters. The summed E-state index contributed by atoms with van der Waals surface area (Å²) in [6, 6.07) is 8.56. The molecule has 3 heterocycles. The van der Waals surface area contributed by atoms with Crippen LogP contribution in [0.5, 0.6) is 0 Å². The fraction of sp³-hybridized carbons (Fsp3) is 0.545. The van der Waals surface area contributed by atoms with Crippen molar-refractivity contribution >= 4 is 5.91 Å². The molecule has 0 bridgehead atoms. The van der Waals surface area contributed by atoms with Crippen molar-refractivity contribution in [3.8, 4) is 0 Å². The second kappa shape index (κ2) is 8.05. The first kappa shape index (κ1) is 19.2. The summed E-state index contributed by atoms with van der Waals surface area (Å²) in [5.41, 5.74) is 11.1. The van der Waals surface area contributed by atoms with Crippen LogP contribution in [-0.2, 0) is 11.2 Å². The van der Waals surface area contributed by atoms with Gasteiger partial charge in [-0.05, 0) is 45.6 Å². The summed E-state index contributed by atoms with van der Waals surface area (Å²) in [7, 11) is 0. The minimum Gasteiger partial charge on any atom is -0.360 e. The summed E-state index contributed by atoms with van der Waals surface area (Å²) in [5, 5.41) is 4.15. The van der Waals surface area contributed by atoms with Crippen molar-refractivity contribution in [2.45, 2.75) is 64.5 Å². The average molecular weight is 383 g/mol. The van der Waals surface area contributed by atoms with Crippen LogP contribution < -0.4 is 10.9 Å². The van der Waals surface area contributed by atoms with E-state index in [9.17, 15) is 4.79 Å². The summed E-state index contributed by atoms with van der Waals surface area (Å²) in [6.45, 7) is 7.73. The van der Waals surface area contributed by atoms with Gasteiger partial charge in [0.05, 0.1) is 24.1 Å². The van der Waals surface area contributed by atoms with Crippen molar-refractivity contribution in [2.75, 3.05) is 13.1 Å². The number of rotatable bonds is 4. The first-order valence-electron chi connectivity index (χ1n) is 10.3. The molecule has 2 aliphatic rings. The number of piperidine rings is 1. The number of hydrogen-bond acceptors (Lipinski definition) is 5. The van der Waals surface area contributed by atoms with Crippen LogP contribution in [0.1, 0.15) is 53.3 Å². The first-order chi connectivity index (χ1) is 13.5. The van der Waals surface area contributed by atoms with Gasteiger partial charge in [0.1, 0.15) is 5.76 Å². The van der Waals surface area contributed by atoms with Crippen molar-refractivity contribution in [1.82, 2.24) is 20.9 Å². The van der Waals surface area contributed by atoms with Crippen LogP contribution in [0.3, 0.4) is 0 Å². The van der Waals surface area contributed by atoms with Crippen LogP contribution in [0.2, 0.25) is 0 Å². The van der Waals surface area contributed by atoms with Gasteiger partial charge in [-0.25, -0.2) is 0 Å². The smallest absolute Gasteiger partial charge is 0.227 e. The summed E-state index contributed by atoms with van der Waals surface area (Å²) in [5.74, 6) is 1.34. The molecule has 1 aromatic heterocycles. The molecule has 150 valence electrons. The molecule has 2 aliphatic heterocycles. The van der Waals surface area contributed by atoms with Crippen molar-refractivity contribution in [1.29, 1.82) is 0 Å².